The lowest BCUT2D eigenvalue weighted by molar-refractivity contribution is -0.0498. The van der Waals surface area contributed by atoms with Crippen LogP contribution < -0.4 is 10.1 Å². The quantitative estimate of drug-likeness (QED) is 0.481. The predicted octanol–water partition coefficient (Wildman–Crippen LogP) is 5.87. The standard InChI is InChI=1S/C23H24F2N2O3S/c1-14(2)19-13-27(16-5-4-6-17(12-16)30-22(24)25)20-8-7-15(11-18(19)20)21(28)26-23(3)9-10-29-31-23/h4-8,11-14,22H,9-10H2,1-3H3,(H,26,28). The van der Waals surface area contributed by atoms with E-state index in [4.69, 9.17) is 4.18 Å². The van der Waals surface area contributed by atoms with Crippen LogP contribution in [-0.4, -0.2) is 28.6 Å². The normalized spacial score (nSPS) is 18.8. The molecule has 1 N–H and O–H groups in total. The van der Waals surface area contributed by atoms with Gasteiger partial charge in [0.15, 0.2) is 0 Å². The molecular weight excluding hydrogens is 422 g/mol. The number of nitrogens with zero attached hydrogens (tertiary/aromatic N) is 1. The molecule has 1 fully saturated rings. The maximum absolute atomic E-state index is 12.9. The molecule has 8 heteroatoms. The number of alkyl halides is 2. The summed E-state index contributed by atoms with van der Waals surface area (Å²) in [5.41, 5.74) is 3.23. The zero-order valence-electron chi connectivity index (χ0n) is 17.5. The minimum atomic E-state index is -2.88. The van der Waals surface area contributed by atoms with Crippen LogP contribution in [-0.2, 0) is 4.18 Å². The number of rotatable bonds is 6. The first-order valence-electron chi connectivity index (χ1n) is 10.1. The van der Waals surface area contributed by atoms with E-state index in [1.807, 2.05) is 35.9 Å². The number of benzene rings is 2. The summed E-state index contributed by atoms with van der Waals surface area (Å²) in [6.45, 7) is 3.83. The molecule has 1 atom stereocenters. The summed E-state index contributed by atoms with van der Waals surface area (Å²) in [4.78, 5) is 12.4. The van der Waals surface area contributed by atoms with Gasteiger partial charge in [0.1, 0.15) is 10.6 Å². The van der Waals surface area contributed by atoms with Crippen LogP contribution in [0.3, 0.4) is 0 Å². The van der Waals surface area contributed by atoms with Crippen molar-refractivity contribution in [2.45, 2.75) is 44.6 Å². The van der Waals surface area contributed by atoms with Crippen molar-refractivity contribution < 1.29 is 22.5 Å². The van der Waals surface area contributed by atoms with E-state index >= 15 is 0 Å². The monoisotopic (exact) mass is 446 g/mol. The number of hydrogen-bond acceptors (Lipinski definition) is 4. The molecular formula is C23H24F2N2O3S. The molecule has 5 nitrogen and oxygen atoms in total. The topological polar surface area (TPSA) is 52.5 Å². The first-order chi connectivity index (χ1) is 14.8. The molecule has 164 valence electrons. The number of fused-ring (bicyclic) bond motifs is 1. The Hall–Kier alpha value is -2.58. The molecule has 0 spiro atoms. The van der Waals surface area contributed by atoms with Crippen LogP contribution in [0.5, 0.6) is 5.75 Å². The molecule has 31 heavy (non-hydrogen) atoms. The van der Waals surface area contributed by atoms with Crippen LogP contribution in [0.1, 0.15) is 49.0 Å². The largest absolute Gasteiger partial charge is 0.435 e. The molecule has 0 aliphatic carbocycles. The highest BCUT2D eigenvalue weighted by molar-refractivity contribution is 7.96. The van der Waals surface area contributed by atoms with Gasteiger partial charge in [0.05, 0.1) is 12.1 Å². The first-order valence-corrected chi connectivity index (χ1v) is 10.8. The number of aromatic nitrogens is 1. The average molecular weight is 447 g/mol. The van der Waals surface area contributed by atoms with E-state index in [1.54, 1.807) is 18.2 Å². The summed E-state index contributed by atoms with van der Waals surface area (Å²) in [5.74, 6) is 0.150. The summed E-state index contributed by atoms with van der Waals surface area (Å²) in [7, 11) is 0. The smallest absolute Gasteiger partial charge is 0.387 e. The zero-order chi connectivity index (χ0) is 22.2. The van der Waals surface area contributed by atoms with Gasteiger partial charge in [0.25, 0.3) is 5.91 Å². The Labute approximate surface area is 183 Å². The molecule has 1 aromatic heterocycles. The van der Waals surface area contributed by atoms with Crippen LogP contribution >= 0.6 is 12.0 Å². The number of nitrogens with one attached hydrogen (secondary N) is 1. The van der Waals surface area contributed by atoms with Gasteiger partial charge in [-0.25, -0.2) is 0 Å². The highest BCUT2D eigenvalue weighted by atomic mass is 32.2. The Kier molecular flexibility index (Phi) is 5.94. The highest BCUT2D eigenvalue weighted by Gasteiger charge is 2.33. The molecule has 0 radical (unpaired) electrons. The average Bonchev–Trinajstić information content (AvgIpc) is 3.31. The van der Waals surface area contributed by atoms with Gasteiger partial charge in [-0.15, -0.1) is 0 Å². The molecule has 2 aromatic carbocycles. The van der Waals surface area contributed by atoms with Crippen LogP contribution in [0.25, 0.3) is 16.6 Å². The van der Waals surface area contributed by atoms with Gasteiger partial charge >= 0.3 is 6.61 Å². The van der Waals surface area contributed by atoms with E-state index in [0.29, 0.717) is 17.9 Å². The summed E-state index contributed by atoms with van der Waals surface area (Å²) in [5, 5.41) is 4.00. The Balaban J connectivity index is 1.73. The van der Waals surface area contributed by atoms with Crippen molar-refractivity contribution in [1.29, 1.82) is 0 Å². The van der Waals surface area contributed by atoms with Gasteiger partial charge in [-0.05, 0) is 48.7 Å². The number of ether oxygens (including phenoxy) is 1. The summed E-state index contributed by atoms with van der Waals surface area (Å²) in [6, 6.07) is 12.1. The number of carbonyl (C=O) groups is 1. The molecule has 0 bridgehead atoms. The van der Waals surface area contributed by atoms with E-state index in [2.05, 4.69) is 23.9 Å². The summed E-state index contributed by atoms with van der Waals surface area (Å²) >= 11 is 1.28. The highest BCUT2D eigenvalue weighted by Crippen LogP contribution is 2.35. The molecule has 1 aliphatic heterocycles. The minimum absolute atomic E-state index is 0.0981. The third kappa shape index (κ3) is 4.55. The third-order valence-electron chi connectivity index (χ3n) is 5.32. The minimum Gasteiger partial charge on any atom is -0.435 e. The second-order valence-electron chi connectivity index (χ2n) is 8.06. The number of amides is 1. The predicted molar refractivity (Wildman–Crippen MR) is 118 cm³/mol. The second kappa shape index (κ2) is 8.51. The van der Waals surface area contributed by atoms with Crippen LogP contribution in [0.2, 0.25) is 0 Å². The van der Waals surface area contributed by atoms with Crippen LogP contribution in [0, 0.1) is 0 Å². The van der Waals surface area contributed by atoms with Crippen LogP contribution in [0.4, 0.5) is 8.78 Å². The maximum atomic E-state index is 12.9. The van der Waals surface area contributed by atoms with E-state index in [0.717, 1.165) is 22.9 Å². The Morgan fingerprint density at radius 1 is 1.26 bits per heavy atom. The van der Waals surface area contributed by atoms with E-state index in [1.165, 1.54) is 18.1 Å². The summed E-state index contributed by atoms with van der Waals surface area (Å²) in [6.07, 6.45) is 2.73. The first kappa shape index (κ1) is 21.6. The fourth-order valence-corrected chi connectivity index (χ4v) is 4.45. The molecule has 2 heterocycles. The van der Waals surface area contributed by atoms with Gasteiger partial charge in [-0.2, -0.15) is 8.78 Å². The van der Waals surface area contributed by atoms with Crippen molar-refractivity contribution >= 4 is 28.9 Å². The van der Waals surface area contributed by atoms with Crippen molar-refractivity contribution in [3.05, 3.63) is 59.8 Å². The SMILES string of the molecule is CC(C)c1cn(-c2cccc(OC(F)F)c2)c2ccc(C(=O)NC3(C)CCOS3)cc12. The Bertz CT molecular complexity index is 1110. The molecule has 4 rings (SSSR count). The number of carbonyl (C=O) groups excluding carboxylic acids is 1. The Morgan fingerprint density at radius 2 is 2.06 bits per heavy atom. The number of halogens is 2. The third-order valence-corrected chi connectivity index (χ3v) is 6.28. The zero-order valence-corrected chi connectivity index (χ0v) is 18.3. The van der Waals surface area contributed by atoms with Crippen molar-refractivity contribution in [2.24, 2.45) is 0 Å². The van der Waals surface area contributed by atoms with Gasteiger partial charge in [-0.1, -0.05) is 19.9 Å². The molecule has 0 saturated carbocycles. The van der Waals surface area contributed by atoms with Crippen molar-refractivity contribution in [2.75, 3.05) is 6.61 Å². The maximum Gasteiger partial charge on any atom is 0.387 e. The van der Waals surface area contributed by atoms with Crippen molar-refractivity contribution in [1.82, 2.24) is 9.88 Å². The molecule has 1 unspecified atom stereocenters. The van der Waals surface area contributed by atoms with Gasteiger partial charge in [0, 0.05) is 47.4 Å². The lowest BCUT2D eigenvalue weighted by atomic mass is 10.0. The lowest BCUT2D eigenvalue weighted by Gasteiger charge is -2.22. The van der Waals surface area contributed by atoms with Gasteiger partial charge < -0.3 is 18.8 Å². The van der Waals surface area contributed by atoms with Crippen molar-refractivity contribution in [3.63, 3.8) is 0 Å². The fraction of sp³-hybridized carbons (Fsp3) is 0.348. The van der Waals surface area contributed by atoms with E-state index < -0.39 is 11.5 Å². The second-order valence-corrected chi connectivity index (χ2v) is 9.36. The van der Waals surface area contributed by atoms with E-state index in [-0.39, 0.29) is 17.6 Å². The summed E-state index contributed by atoms with van der Waals surface area (Å²) < 4.78 is 37.1. The Morgan fingerprint density at radius 3 is 2.74 bits per heavy atom. The molecule has 1 amide bonds. The van der Waals surface area contributed by atoms with E-state index in [9.17, 15) is 13.6 Å². The van der Waals surface area contributed by atoms with Gasteiger partial charge in [-0.3, -0.25) is 4.79 Å². The van der Waals surface area contributed by atoms with Gasteiger partial charge in [0.2, 0.25) is 0 Å². The van der Waals surface area contributed by atoms with Crippen LogP contribution in [0.15, 0.2) is 48.7 Å². The number of hydrogen-bond donors (Lipinski definition) is 1. The fourth-order valence-electron chi connectivity index (χ4n) is 3.73. The van der Waals surface area contributed by atoms with Crippen molar-refractivity contribution in [3.8, 4) is 11.4 Å². The molecule has 3 aromatic rings. The lowest BCUT2D eigenvalue weighted by Crippen LogP contribution is -2.41. The molecule has 1 saturated heterocycles. The molecule has 1 aliphatic rings.